The van der Waals surface area contributed by atoms with Gasteiger partial charge in [-0.3, -0.25) is 0 Å². The van der Waals surface area contributed by atoms with E-state index in [1.807, 2.05) is 24.3 Å². The minimum Gasteiger partial charge on any atom is -0.507 e. The molecule has 3 aromatic rings. The summed E-state index contributed by atoms with van der Waals surface area (Å²) in [4.78, 5) is 0. The standard InChI is InChI=1S/C17H12ClFN2OS/c18-13-9-10(7-8-14(13)19)20-17(23)21-15-5-1-4-12-11(15)3-2-6-16(12)22/h1-9,22H,(H2,20,21,23). The predicted octanol–water partition coefficient (Wildman–Crippen LogP) is 5.15. The smallest absolute Gasteiger partial charge is 0.175 e. The molecule has 116 valence electrons. The largest absolute Gasteiger partial charge is 0.507 e. The Bertz CT molecular complexity index is 901. The Morgan fingerprint density at radius 3 is 2.52 bits per heavy atom. The van der Waals surface area contributed by atoms with Gasteiger partial charge in [-0.1, -0.05) is 35.9 Å². The molecular weight excluding hydrogens is 335 g/mol. The Morgan fingerprint density at radius 2 is 1.74 bits per heavy atom. The summed E-state index contributed by atoms with van der Waals surface area (Å²) in [5.41, 5.74) is 1.33. The van der Waals surface area contributed by atoms with E-state index in [2.05, 4.69) is 10.6 Å². The summed E-state index contributed by atoms with van der Waals surface area (Å²) in [6, 6.07) is 15.0. The van der Waals surface area contributed by atoms with Crippen molar-refractivity contribution in [2.24, 2.45) is 0 Å². The zero-order valence-electron chi connectivity index (χ0n) is 11.8. The van der Waals surface area contributed by atoms with Gasteiger partial charge in [0.25, 0.3) is 0 Å². The van der Waals surface area contributed by atoms with Gasteiger partial charge in [-0.25, -0.2) is 4.39 Å². The van der Waals surface area contributed by atoms with E-state index in [9.17, 15) is 9.50 Å². The van der Waals surface area contributed by atoms with Crippen LogP contribution in [0.25, 0.3) is 10.8 Å². The molecule has 0 saturated carbocycles. The van der Waals surface area contributed by atoms with E-state index in [1.165, 1.54) is 12.1 Å². The maximum absolute atomic E-state index is 13.2. The highest BCUT2D eigenvalue weighted by atomic mass is 35.5. The molecule has 0 amide bonds. The van der Waals surface area contributed by atoms with Crippen LogP contribution in [0.5, 0.6) is 5.75 Å². The monoisotopic (exact) mass is 346 g/mol. The molecule has 3 rings (SSSR count). The van der Waals surface area contributed by atoms with E-state index < -0.39 is 5.82 Å². The molecule has 0 spiro atoms. The molecule has 6 heteroatoms. The average Bonchev–Trinajstić information content (AvgIpc) is 2.52. The maximum Gasteiger partial charge on any atom is 0.175 e. The molecule has 0 heterocycles. The number of phenols is 1. The molecule has 0 atom stereocenters. The van der Waals surface area contributed by atoms with Crippen LogP contribution < -0.4 is 10.6 Å². The van der Waals surface area contributed by atoms with E-state index in [1.54, 1.807) is 18.2 Å². The molecule has 0 saturated heterocycles. The lowest BCUT2D eigenvalue weighted by molar-refractivity contribution is 0.481. The number of aromatic hydroxyl groups is 1. The second-order valence-electron chi connectivity index (χ2n) is 4.89. The molecule has 0 aromatic heterocycles. The first kappa shape index (κ1) is 15.5. The number of rotatable bonds is 2. The van der Waals surface area contributed by atoms with Crippen molar-refractivity contribution in [1.29, 1.82) is 0 Å². The lowest BCUT2D eigenvalue weighted by Gasteiger charge is -2.13. The summed E-state index contributed by atoms with van der Waals surface area (Å²) in [5.74, 6) is -0.282. The van der Waals surface area contributed by atoms with E-state index in [0.717, 1.165) is 16.5 Å². The summed E-state index contributed by atoms with van der Waals surface area (Å²) in [5, 5.41) is 17.8. The minimum atomic E-state index is -0.486. The van der Waals surface area contributed by atoms with Crippen LogP contribution in [0.3, 0.4) is 0 Å². The predicted molar refractivity (Wildman–Crippen MR) is 96.9 cm³/mol. The summed E-state index contributed by atoms with van der Waals surface area (Å²) >= 11 is 11.0. The van der Waals surface area contributed by atoms with Gasteiger partial charge in [0.2, 0.25) is 0 Å². The quantitative estimate of drug-likeness (QED) is 0.562. The first-order valence-electron chi connectivity index (χ1n) is 6.78. The number of halogens is 2. The van der Waals surface area contributed by atoms with Crippen LogP contribution in [-0.2, 0) is 0 Å². The normalized spacial score (nSPS) is 10.5. The first-order chi connectivity index (χ1) is 11.0. The van der Waals surface area contributed by atoms with Crippen LogP contribution >= 0.6 is 23.8 Å². The fraction of sp³-hybridized carbons (Fsp3) is 0. The van der Waals surface area contributed by atoms with Gasteiger partial charge in [0.15, 0.2) is 5.11 Å². The molecule has 3 aromatic carbocycles. The Balaban J connectivity index is 1.83. The number of thiocarbonyl (C=S) groups is 1. The number of benzene rings is 3. The second-order valence-corrected chi connectivity index (χ2v) is 5.70. The van der Waals surface area contributed by atoms with Crippen LogP contribution in [0.4, 0.5) is 15.8 Å². The topological polar surface area (TPSA) is 44.3 Å². The fourth-order valence-corrected chi connectivity index (χ4v) is 2.67. The number of fused-ring (bicyclic) bond motifs is 1. The van der Waals surface area contributed by atoms with Crippen LogP contribution in [-0.4, -0.2) is 10.2 Å². The minimum absolute atomic E-state index is 0.0212. The Kier molecular flexibility index (Phi) is 4.32. The van der Waals surface area contributed by atoms with Crippen molar-refractivity contribution >= 4 is 51.1 Å². The van der Waals surface area contributed by atoms with Crippen LogP contribution in [0, 0.1) is 5.82 Å². The van der Waals surface area contributed by atoms with Crippen molar-refractivity contribution in [2.45, 2.75) is 0 Å². The molecule has 0 unspecified atom stereocenters. The average molecular weight is 347 g/mol. The number of hydrogen-bond donors (Lipinski definition) is 3. The van der Waals surface area contributed by atoms with Gasteiger partial charge in [-0.15, -0.1) is 0 Å². The molecule has 0 fully saturated rings. The third kappa shape index (κ3) is 3.36. The van der Waals surface area contributed by atoms with Crippen molar-refractivity contribution in [2.75, 3.05) is 10.6 Å². The highest BCUT2D eigenvalue weighted by molar-refractivity contribution is 7.80. The zero-order valence-corrected chi connectivity index (χ0v) is 13.4. The van der Waals surface area contributed by atoms with Crippen LogP contribution in [0.1, 0.15) is 0 Å². The summed E-state index contributed by atoms with van der Waals surface area (Å²) in [6.45, 7) is 0. The molecule has 0 radical (unpaired) electrons. The SMILES string of the molecule is Oc1cccc2c(NC(=S)Nc3ccc(F)c(Cl)c3)cccc12. The summed E-state index contributed by atoms with van der Waals surface area (Å²) in [6.07, 6.45) is 0. The molecule has 23 heavy (non-hydrogen) atoms. The van der Waals surface area contributed by atoms with Gasteiger partial charge in [0.05, 0.1) is 5.02 Å². The highest BCUT2D eigenvalue weighted by Gasteiger charge is 2.07. The number of anilines is 2. The van der Waals surface area contributed by atoms with E-state index in [0.29, 0.717) is 10.8 Å². The van der Waals surface area contributed by atoms with Crippen molar-refractivity contribution in [3.05, 3.63) is 65.4 Å². The molecule has 3 nitrogen and oxygen atoms in total. The molecule has 0 aliphatic carbocycles. The Hall–Kier alpha value is -2.37. The van der Waals surface area contributed by atoms with Gasteiger partial charge >= 0.3 is 0 Å². The summed E-state index contributed by atoms with van der Waals surface area (Å²) < 4.78 is 13.2. The lowest BCUT2D eigenvalue weighted by Crippen LogP contribution is -2.19. The molecule has 0 aliphatic rings. The maximum atomic E-state index is 13.2. The summed E-state index contributed by atoms with van der Waals surface area (Å²) in [7, 11) is 0. The Morgan fingerprint density at radius 1 is 1.00 bits per heavy atom. The van der Waals surface area contributed by atoms with Crippen molar-refractivity contribution in [1.82, 2.24) is 0 Å². The van der Waals surface area contributed by atoms with Crippen molar-refractivity contribution < 1.29 is 9.50 Å². The van der Waals surface area contributed by atoms with E-state index in [-0.39, 0.29) is 10.8 Å². The fourth-order valence-electron chi connectivity index (χ4n) is 2.26. The van der Waals surface area contributed by atoms with Gasteiger partial charge in [0.1, 0.15) is 11.6 Å². The highest BCUT2D eigenvalue weighted by Crippen LogP contribution is 2.30. The zero-order chi connectivity index (χ0) is 16.4. The van der Waals surface area contributed by atoms with Crippen LogP contribution in [0.2, 0.25) is 5.02 Å². The molecule has 0 aliphatic heterocycles. The Labute approximate surface area is 142 Å². The van der Waals surface area contributed by atoms with E-state index >= 15 is 0 Å². The van der Waals surface area contributed by atoms with Gasteiger partial charge in [-0.2, -0.15) is 0 Å². The van der Waals surface area contributed by atoms with Gasteiger partial charge in [-0.05, 0) is 42.5 Å². The third-order valence-electron chi connectivity index (χ3n) is 3.32. The van der Waals surface area contributed by atoms with Crippen LogP contribution in [0.15, 0.2) is 54.6 Å². The van der Waals surface area contributed by atoms with Gasteiger partial charge < -0.3 is 15.7 Å². The van der Waals surface area contributed by atoms with Crippen molar-refractivity contribution in [3.8, 4) is 5.75 Å². The molecule has 3 N–H and O–H groups in total. The molecule has 0 bridgehead atoms. The number of phenolic OH excluding ortho intramolecular Hbond substituents is 1. The lowest BCUT2D eigenvalue weighted by atomic mass is 10.1. The molecular formula is C17H12ClFN2OS. The second kappa shape index (κ2) is 6.40. The third-order valence-corrected chi connectivity index (χ3v) is 3.82. The van der Waals surface area contributed by atoms with Crippen molar-refractivity contribution in [3.63, 3.8) is 0 Å². The number of hydrogen-bond acceptors (Lipinski definition) is 2. The van der Waals surface area contributed by atoms with E-state index in [4.69, 9.17) is 23.8 Å². The first-order valence-corrected chi connectivity index (χ1v) is 7.57. The number of nitrogens with one attached hydrogen (secondary N) is 2. The van der Waals surface area contributed by atoms with Gasteiger partial charge in [0, 0.05) is 22.1 Å².